The first-order valence-electron chi connectivity index (χ1n) is 5.84. The van der Waals surface area contributed by atoms with Crippen LogP contribution >= 0.6 is 12.4 Å². The summed E-state index contributed by atoms with van der Waals surface area (Å²) in [6.45, 7) is 7.00. The van der Waals surface area contributed by atoms with Gasteiger partial charge in [-0.15, -0.1) is 12.4 Å². The van der Waals surface area contributed by atoms with E-state index in [2.05, 4.69) is 35.6 Å². The lowest BCUT2D eigenvalue weighted by atomic mass is 10.3. The summed E-state index contributed by atoms with van der Waals surface area (Å²) >= 11 is 0. The number of nitrogens with zero attached hydrogens (tertiary/aromatic N) is 4. The molecule has 2 heterocycles. The Hall–Kier alpha value is -1.49. The molecule has 5 nitrogen and oxygen atoms in total. The predicted molar refractivity (Wildman–Crippen MR) is 75.1 cm³/mol. The normalized spacial score (nSPS) is 10.5. The van der Waals surface area contributed by atoms with E-state index >= 15 is 0 Å². The molecule has 0 saturated heterocycles. The van der Waals surface area contributed by atoms with Crippen LogP contribution in [0.3, 0.4) is 0 Å². The maximum atomic E-state index is 4.31. The van der Waals surface area contributed by atoms with Crippen LogP contribution in [0.25, 0.3) is 0 Å². The maximum absolute atomic E-state index is 4.31. The molecule has 100 valence electrons. The number of aryl methyl sites for hydroxylation is 2. The standard InChI is InChI=1S/C12H19N5.ClH/c1-9(2)17-8-11(7-14-17)6-13-12-5-10(3)15-16(12)4;/h5,7-9,13H,6H2,1-4H3;1H. The average Bonchev–Trinajstić information content (AvgIpc) is 2.82. The molecule has 0 unspecified atom stereocenters. The minimum Gasteiger partial charge on any atom is -0.366 e. The van der Waals surface area contributed by atoms with Gasteiger partial charge in [0.25, 0.3) is 0 Å². The van der Waals surface area contributed by atoms with E-state index in [-0.39, 0.29) is 12.4 Å². The molecule has 1 N–H and O–H groups in total. The Morgan fingerprint density at radius 1 is 1.39 bits per heavy atom. The van der Waals surface area contributed by atoms with E-state index in [4.69, 9.17) is 0 Å². The summed E-state index contributed by atoms with van der Waals surface area (Å²) in [5.41, 5.74) is 2.20. The molecular formula is C12H20ClN5. The minimum absolute atomic E-state index is 0. The summed E-state index contributed by atoms with van der Waals surface area (Å²) in [5, 5.41) is 11.9. The molecule has 2 rings (SSSR count). The van der Waals surface area contributed by atoms with Crippen molar-refractivity contribution < 1.29 is 0 Å². The van der Waals surface area contributed by atoms with Gasteiger partial charge in [0.1, 0.15) is 5.82 Å². The van der Waals surface area contributed by atoms with Crippen molar-refractivity contribution in [2.24, 2.45) is 7.05 Å². The second-order valence-corrected chi connectivity index (χ2v) is 4.57. The summed E-state index contributed by atoms with van der Waals surface area (Å²) in [6, 6.07) is 2.44. The third-order valence-electron chi connectivity index (χ3n) is 2.66. The van der Waals surface area contributed by atoms with Crippen LogP contribution in [0.2, 0.25) is 0 Å². The molecule has 0 aliphatic rings. The van der Waals surface area contributed by atoms with Crippen LogP contribution < -0.4 is 5.32 Å². The monoisotopic (exact) mass is 269 g/mol. The lowest BCUT2D eigenvalue weighted by Gasteiger charge is -2.05. The fourth-order valence-corrected chi connectivity index (χ4v) is 1.72. The van der Waals surface area contributed by atoms with Crippen molar-refractivity contribution in [1.82, 2.24) is 19.6 Å². The molecule has 18 heavy (non-hydrogen) atoms. The Morgan fingerprint density at radius 2 is 2.11 bits per heavy atom. The van der Waals surface area contributed by atoms with Gasteiger partial charge in [-0.05, 0) is 20.8 Å². The number of aromatic nitrogens is 4. The van der Waals surface area contributed by atoms with Gasteiger partial charge in [0.2, 0.25) is 0 Å². The molecular weight excluding hydrogens is 250 g/mol. The molecule has 0 radical (unpaired) electrons. The van der Waals surface area contributed by atoms with Crippen LogP contribution in [0, 0.1) is 6.92 Å². The summed E-state index contributed by atoms with van der Waals surface area (Å²) < 4.78 is 3.81. The zero-order valence-corrected chi connectivity index (χ0v) is 12.0. The van der Waals surface area contributed by atoms with Gasteiger partial charge < -0.3 is 5.32 Å². The summed E-state index contributed by atoms with van der Waals surface area (Å²) in [4.78, 5) is 0. The SMILES string of the molecule is Cc1cc(NCc2cnn(C(C)C)c2)n(C)n1.Cl. The van der Waals surface area contributed by atoms with Crippen molar-refractivity contribution in [2.45, 2.75) is 33.4 Å². The molecule has 0 aliphatic carbocycles. The number of nitrogens with one attached hydrogen (secondary N) is 1. The van der Waals surface area contributed by atoms with E-state index < -0.39 is 0 Å². The van der Waals surface area contributed by atoms with Crippen LogP contribution in [0.15, 0.2) is 18.5 Å². The van der Waals surface area contributed by atoms with Crippen LogP contribution in [0.5, 0.6) is 0 Å². The highest BCUT2D eigenvalue weighted by atomic mass is 35.5. The van der Waals surface area contributed by atoms with Gasteiger partial charge in [-0.2, -0.15) is 10.2 Å². The number of anilines is 1. The zero-order valence-electron chi connectivity index (χ0n) is 11.2. The smallest absolute Gasteiger partial charge is 0.124 e. The summed E-state index contributed by atoms with van der Waals surface area (Å²) in [6.07, 6.45) is 3.97. The van der Waals surface area contributed by atoms with E-state index in [1.54, 1.807) is 0 Å². The van der Waals surface area contributed by atoms with Gasteiger partial charge in [-0.25, -0.2) is 0 Å². The molecule has 0 amide bonds. The van der Waals surface area contributed by atoms with Crippen LogP contribution in [-0.2, 0) is 13.6 Å². The fourth-order valence-electron chi connectivity index (χ4n) is 1.72. The van der Waals surface area contributed by atoms with Crippen molar-refractivity contribution in [3.05, 3.63) is 29.7 Å². The van der Waals surface area contributed by atoms with Crippen LogP contribution in [0.4, 0.5) is 5.82 Å². The fraction of sp³-hybridized carbons (Fsp3) is 0.500. The molecule has 0 aliphatic heterocycles. The predicted octanol–water partition coefficient (Wildman–Crippen LogP) is 2.54. The third-order valence-corrected chi connectivity index (χ3v) is 2.66. The average molecular weight is 270 g/mol. The molecule has 6 heteroatoms. The lowest BCUT2D eigenvalue weighted by Crippen LogP contribution is -2.04. The van der Waals surface area contributed by atoms with Gasteiger partial charge in [0.15, 0.2) is 0 Å². The molecule has 0 aromatic carbocycles. The van der Waals surface area contributed by atoms with Crippen molar-refractivity contribution in [3.63, 3.8) is 0 Å². The highest BCUT2D eigenvalue weighted by Gasteiger charge is 2.04. The number of halogens is 1. The highest BCUT2D eigenvalue weighted by Crippen LogP contribution is 2.11. The number of rotatable bonds is 4. The second-order valence-electron chi connectivity index (χ2n) is 4.57. The van der Waals surface area contributed by atoms with Crippen molar-refractivity contribution in [3.8, 4) is 0 Å². The Labute approximate surface area is 114 Å². The molecule has 2 aromatic rings. The zero-order chi connectivity index (χ0) is 12.4. The van der Waals surface area contributed by atoms with E-state index in [1.165, 1.54) is 5.56 Å². The Bertz CT molecular complexity index is 500. The van der Waals surface area contributed by atoms with Gasteiger partial charge in [-0.3, -0.25) is 9.36 Å². The number of hydrogen-bond acceptors (Lipinski definition) is 3. The first kappa shape index (κ1) is 14.6. The highest BCUT2D eigenvalue weighted by molar-refractivity contribution is 5.85. The lowest BCUT2D eigenvalue weighted by molar-refractivity contribution is 0.532. The van der Waals surface area contributed by atoms with E-state index in [0.717, 1.165) is 18.1 Å². The summed E-state index contributed by atoms with van der Waals surface area (Å²) in [5.74, 6) is 1.03. The number of hydrogen-bond donors (Lipinski definition) is 1. The van der Waals surface area contributed by atoms with E-state index in [9.17, 15) is 0 Å². The van der Waals surface area contributed by atoms with E-state index in [1.807, 2.05) is 35.6 Å². The Balaban J connectivity index is 0.00000162. The Kier molecular flexibility index (Phi) is 4.78. The summed E-state index contributed by atoms with van der Waals surface area (Å²) in [7, 11) is 1.94. The third kappa shape index (κ3) is 3.26. The second kappa shape index (κ2) is 5.91. The van der Waals surface area contributed by atoms with E-state index in [0.29, 0.717) is 6.04 Å². The van der Waals surface area contributed by atoms with Crippen LogP contribution in [0.1, 0.15) is 31.1 Å². The molecule has 2 aromatic heterocycles. The first-order valence-corrected chi connectivity index (χ1v) is 5.84. The van der Waals surface area contributed by atoms with Gasteiger partial charge in [0, 0.05) is 37.5 Å². The van der Waals surface area contributed by atoms with Gasteiger partial charge >= 0.3 is 0 Å². The van der Waals surface area contributed by atoms with Crippen molar-refractivity contribution >= 4 is 18.2 Å². The topological polar surface area (TPSA) is 47.7 Å². The molecule has 0 spiro atoms. The maximum Gasteiger partial charge on any atom is 0.124 e. The Morgan fingerprint density at radius 3 is 2.61 bits per heavy atom. The first-order chi connectivity index (χ1) is 8.06. The largest absolute Gasteiger partial charge is 0.366 e. The molecule has 0 atom stereocenters. The molecule has 0 fully saturated rings. The van der Waals surface area contributed by atoms with Crippen LogP contribution in [-0.4, -0.2) is 19.6 Å². The van der Waals surface area contributed by atoms with Gasteiger partial charge in [0.05, 0.1) is 11.9 Å². The molecule has 0 bridgehead atoms. The molecule has 0 saturated carbocycles. The quantitative estimate of drug-likeness (QED) is 0.928. The van der Waals surface area contributed by atoms with Gasteiger partial charge in [-0.1, -0.05) is 0 Å². The minimum atomic E-state index is 0. The van der Waals surface area contributed by atoms with Crippen molar-refractivity contribution in [2.75, 3.05) is 5.32 Å². The van der Waals surface area contributed by atoms with Crippen molar-refractivity contribution in [1.29, 1.82) is 0 Å².